The number of fused-ring (bicyclic) bond motifs is 1. The molecule has 0 aliphatic carbocycles. The van der Waals surface area contributed by atoms with Gasteiger partial charge in [0.2, 0.25) is 0 Å². The maximum Gasteiger partial charge on any atom is 0.317 e. The van der Waals surface area contributed by atoms with Gasteiger partial charge in [-0.3, -0.25) is 0 Å². The zero-order valence-electron chi connectivity index (χ0n) is 14.9. The summed E-state index contributed by atoms with van der Waals surface area (Å²) in [5.41, 5.74) is 2.80. The highest BCUT2D eigenvalue weighted by atomic mass is 32.1. The highest BCUT2D eigenvalue weighted by molar-refractivity contribution is 7.13. The summed E-state index contributed by atoms with van der Waals surface area (Å²) in [5, 5.41) is 6.12. The van der Waals surface area contributed by atoms with Crippen molar-refractivity contribution in [3.8, 4) is 0 Å². The number of hydrogen-bond acceptors (Lipinski definition) is 5. The maximum absolute atomic E-state index is 12.4. The molecule has 1 aromatic heterocycles. The van der Waals surface area contributed by atoms with E-state index in [0.717, 1.165) is 63.8 Å². The van der Waals surface area contributed by atoms with E-state index in [1.165, 1.54) is 11.3 Å². The van der Waals surface area contributed by atoms with Crippen molar-refractivity contribution in [2.24, 2.45) is 0 Å². The van der Waals surface area contributed by atoms with Crippen molar-refractivity contribution >= 4 is 28.2 Å². The van der Waals surface area contributed by atoms with E-state index in [9.17, 15) is 4.79 Å². The van der Waals surface area contributed by atoms with Crippen LogP contribution in [0.15, 0.2) is 35.8 Å². The number of aromatic nitrogens is 1. The fraction of sp³-hybridized carbons (Fsp3) is 0.474. The van der Waals surface area contributed by atoms with Crippen LogP contribution in [0.2, 0.25) is 0 Å². The van der Waals surface area contributed by atoms with E-state index < -0.39 is 0 Å². The molecular weight excluding hydrogens is 346 g/mol. The predicted octanol–water partition coefficient (Wildman–Crippen LogP) is 2.43. The van der Waals surface area contributed by atoms with Crippen LogP contribution in [-0.2, 0) is 6.42 Å². The second-order valence-corrected chi connectivity index (χ2v) is 7.61. The highest BCUT2D eigenvalue weighted by Gasteiger charge is 2.22. The van der Waals surface area contributed by atoms with E-state index >= 15 is 0 Å². The van der Waals surface area contributed by atoms with Crippen LogP contribution in [-0.4, -0.2) is 61.7 Å². The van der Waals surface area contributed by atoms with Crippen LogP contribution in [0.5, 0.6) is 0 Å². The fourth-order valence-corrected chi connectivity index (χ4v) is 4.39. The lowest BCUT2D eigenvalue weighted by molar-refractivity contribution is 0.194. The normalized spacial score (nSPS) is 16.7. The van der Waals surface area contributed by atoms with Crippen molar-refractivity contribution in [3.05, 3.63) is 41.4 Å². The molecule has 1 saturated heterocycles. The molecule has 0 saturated carbocycles. The standard InChI is InChI=1S/C19H25N5OS/c25-18(23-11-13-24(14-12-23)19-21-8-15-26-19)20-7-3-9-22-10-6-16-4-1-2-5-17(16)22/h1-2,4-5,8,15H,3,6-7,9-14H2,(H,20,25). The zero-order valence-corrected chi connectivity index (χ0v) is 15.7. The summed E-state index contributed by atoms with van der Waals surface area (Å²) < 4.78 is 0. The molecule has 0 spiro atoms. The van der Waals surface area contributed by atoms with Crippen LogP contribution in [0.1, 0.15) is 12.0 Å². The molecule has 1 N–H and O–H groups in total. The Hall–Kier alpha value is -2.28. The number of piperazine rings is 1. The number of anilines is 2. The number of hydrogen-bond donors (Lipinski definition) is 1. The third kappa shape index (κ3) is 3.77. The van der Waals surface area contributed by atoms with Crippen molar-refractivity contribution in [3.63, 3.8) is 0 Å². The Balaban J connectivity index is 1.16. The summed E-state index contributed by atoms with van der Waals surface area (Å²) in [6.45, 7) is 6.03. The topological polar surface area (TPSA) is 51.7 Å². The van der Waals surface area contributed by atoms with Crippen LogP contribution in [0.3, 0.4) is 0 Å². The third-order valence-corrected chi connectivity index (χ3v) is 5.95. The van der Waals surface area contributed by atoms with Crippen molar-refractivity contribution < 1.29 is 4.79 Å². The van der Waals surface area contributed by atoms with Gasteiger partial charge in [0.15, 0.2) is 5.13 Å². The smallest absolute Gasteiger partial charge is 0.317 e. The summed E-state index contributed by atoms with van der Waals surface area (Å²) in [6.07, 6.45) is 3.93. The van der Waals surface area contributed by atoms with Gasteiger partial charge in [-0.25, -0.2) is 9.78 Å². The number of para-hydroxylation sites is 1. The number of nitrogens with one attached hydrogen (secondary N) is 1. The molecular formula is C19H25N5OS. The molecule has 0 unspecified atom stereocenters. The molecule has 2 aliphatic rings. The lowest BCUT2D eigenvalue weighted by atomic mass is 10.2. The molecule has 0 radical (unpaired) electrons. The molecule has 4 rings (SSSR count). The van der Waals surface area contributed by atoms with Crippen molar-refractivity contribution in [2.45, 2.75) is 12.8 Å². The lowest BCUT2D eigenvalue weighted by Crippen LogP contribution is -2.52. The number of nitrogens with zero attached hydrogens (tertiary/aromatic N) is 4. The number of amides is 2. The Morgan fingerprint density at radius 1 is 1.15 bits per heavy atom. The van der Waals surface area contributed by atoms with E-state index in [4.69, 9.17) is 0 Å². The molecule has 1 fully saturated rings. The molecule has 138 valence electrons. The van der Waals surface area contributed by atoms with Crippen LogP contribution in [0.4, 0.5) is 15.6 Å². The number of urea groups is 1. The summed E-state index contributed by atoms with van der Waals surface area (Å²) in [5.74, 6) is 0. The number of carbonyl (C=O) groups is 1. The summed E-state index contributed by atoms with van der Waals surface area (Å²) in [6, 6.07) is 8.68. The molecule has 1 aromatic carbocycles. The number of thiazole rings is 1. The first-order chi connectivity index (χ1) is 12.8. The summed E-state index contributed by atoms with van der Waals surface area (Å²) >= 11 is 1.65. The van der Waals surface area contributed by atoms with Crippen molar-refractivity contribution in [1.29, 1.82) is 0 Å². The second-order valence-electron chi connectivity index (χ2n) is 6.74. The molecule has 3 heterocycles. The van der Waals surface area contributed by atoms with Gasteiger partial charge < -0.3 is 20.0 Å². The highest BCUT2D eigenvalue weighted by Crippen LogP contribution is 2.27. The molecule has 2 aliphatic heterocycles. The van der Waals surface area contributed by atoms with E-state index in [2.05, 4.69) is 44.4 Å². The zero-order chi connectivity index (χ0) is 17.8. The van der Waals surface area contributed by atoms with Crippen LogP contribution >= 0.6 is 11.3 Å². The van der Waals surface area contributed by atoms with E-state index in [0.29, 0.717) is 0 Å². The first-order valence-corrected chi connectivity index (χ1v) is 10.2. The first-order valence-electron chi connectivity index (χ1n) is 9.31. The number of carbonyl (C=O) groups excluding carboxylic acids is 1. The van der Waals surface area contributed by atoms with Crippen molar-refractivity contribution in [2.75, 3.05) is 55.6 Å². The molecule has 7 heteroatoms. The molecule has 6 nitrogen and oxygen atoms in total. The Labute approximate surface area is 158 Å². The van der Waals surface area contributed by atoms with Gasteiger partial charge in [-0.05, 0) is 24.5 Å². The molecule has 2 amide bonds. The molecule has 0 bridgehead atoms. The van der Waals surface area contributed by atoms with Crippen LogP contribution in [0.25, 0.3) is 0 Å². The minimum Gasteiger partial charge on any atom is -0.371 e. The number of benzene rings is 1. The minimum atomic E-state index is 0.0608. The third-order valence-electron chi connectivity index (χ3n) is 5.12. The average Bonchev–Trinajstić information content (AvgIpc) is 3.35. The van der Waals surface area contributed by atoms with Crippen LogP contribution < -0.4 is 15.1 Å². The minimum absolute atomic E-state index is 0.0608. The Morgan fingerprint density at radius 2 is 2.00 bits per heavy atom. The Bertz CT molecular complexity index is 727. The van der Waals surface area contributed by atoms with Crippen LogP contribution in [0, 0.1) is 0 Å². The van der Waals surface area contributed by atoms with Crippen molar-refractivity contribution in [1.82, 2.24) is 15.2 Å². The molecule has 0 atom stereocenters. The SMILES string of the molecule is O=C(NCCCN1CCc2ccccc21)N1CCN(c2nccs2)CC1. The lowest BCUT2D eigenvalue weighted by Gasteiger charge is -2.34. The van der Waals surface area contributed by atoms with Gasteiger partial charge in [-0.15, -0.1) is 11.3 Å². The summed E-state index contributed by atoms with van der Waals surface area (Å²) in [7, 11) is 0. The Kier molecular flexibility index (Phi) is 5.24. The number of rotatable bonds is 5. The van der Waals surface area contributed by atoms with E-state index in [-0.39, 0.29) is 6.03 Å². The van der Waals surface area contributed by atoms with Gasteiger partial charge in [0.1, 0.15) is 0 Å². The molecule has 26 heavy (non-hydrogen) atoms. The summed E-state index contributed by atoms with van der Waals surface area (Å²) in [4.78, 5) is 23.3. The van der Waals surface area contributed by atoms with Gasteiger partial charge in [0, 0.05) is 63.1 Å². The van der Waals surface area contributed by atoms with Gasteiger partial charge >= 0.3 is 6.03 Å². The predicted molar refractivity (Wildman–Crippen MR) is 106 cm³/mol. The maximum atomic E-state index is 12.4. The quantitative estimate of drug-likeness (QED) is 0.820. The van der Waals surface area contributed by atoms with Gasteiger partial charge in [0.05, 0.1) is 0 Å². The van der Waals surface area contributed by atoms with E-state index in [1.54, 1.807) is 11.3 Å². The van der Waals surface area contributed by atoms with E-state index in [1.807, 2.05) is 16.5 Å². The molecule has 2 aromatic rings. The average molecular weight is 372 g/mol. The largest absolute Gasteiger partial charge is 0.371 e. The second kappa shape index (κ2) is 7.95. The Morgan fingerprint density at radius 3 is 2.81 bits per heavy atom. The first kappa shape index (κ1) is 17.1. The van der Waals surface area contributed by atoms with Gasteiger partial charge in [-0.2, -0.15) is 0 Å². The van der Waals surface area contributed by atoms with Gasteiger partial charge in [0.25, 0.3) is 0 Å². The fourth-order valence-electron chi connectivity index (χ4n) is 3.69. The van der Waals surface area contributed by atoms with Gasteiger partial charge in [-0.1, -0.05) is 18.2 Å². The monoisotopic (exact) mass is 371 g/mol.